The molecule has 0 radical (unpaired) electrons. The van der Waals surface area contributed by atoms with Crippen molar-refractivity contribution < 1.29 is 9.53 Å². The van der Waals surface area contributed by atoms with Crippen LogP contribution in [-0.2, 0) is 0 Å². The van der Waals surface area contributed by atoms with Gasteiger partial charge in [-0.25, -0.2) is 0 Å². The highest BCUT2D eigenvalue weighted by Gasteiger charge is 2.12. The van der Waals surface area contributed by atoms with Crippen LogP contribution >= 0.6 is 11.8 Å². The Hall–Kier alpha value is -1.23. The number of aromatic nitrogens is 2. The number of rotatable bonds is 1. The molecule has 0 N–H and O–H groups in total. The van der Waals surface area contributed by atoms with Crippen LogP contribution in [0.15, 0.2) is 27.7 Å². The van der Waals surface area contributed by atoms with E-state index in [9.17, 15) is 5.21 Å². The van der Waals surface area contributed by atoms with Crippen molar-refractivity contribution in [1.29, 1.82) is 0 Å². The molecule has 0 aliphatic heterocycles. The zero-order valence-electron chi connectivity index (χ0n) is 6.35. The minimum absolute atomic E-state index is 0.412. The van der Waals surface area contributed by atoms with Crippen LogP contribution in [0, 0.1) is 5.21 Å². The van der Waals surface area contributed by atoms with E-state index >= 15 is 0 Å². The molecule has 0 saturated heterocycles. The molecule has 0 saturated carbocycles. The Bertz CT molecular complexity index is 413. The van der Waals surface area contributed by atoms with E-state index in [0.29, 0.717) is 15.9 Å². The number of hydrogen-bond donors (Lipinski definition) is 0. The fourth-order valence-electron chi connectivity index (χ4n) is 1.04. The Labute approximate surface area is 72.7 Å². The van der Waals surface area contributed by atoms with Gasteiger partial charge in [-0.2, -0.15) is 0 Å². The average Bonchev–Trinajstić information content (AvgIpc) is 2.48. The van der Waals surface area contributed by atoms with Crippen LogP contribution in [0.4, 0.5) is 0 Å². The van der Waals surface area contributed by atoms with Crippen molar-refractivity contribution in [2.45, 2.75) is 4.90 Å². The topological polar surface area (TPSA) is 53.0 Å². The Morgan fingerprint density at radius 3 is 3.17 bits per heavy atom. The first-order valence-electron chi connectivity index (χ1n) is 3.35. The van der Waals surface area contributed by atoms with Crippen LogP contribution in [0.3, 0.4) is 0 Å². The van der Waals surface area contributed by atoms with E-state index in [1.165, 1.54) is 11.8 Å². The average molecular weight is 182 g/mol. The van der Waals surface area contributed by atoms with Gasteiger partial charge in [-0.15, -0.1) is 11.8 Å². The van der Waals surface area contributed by atoms with Gasteiger partial charge in [0.15, 0.2) is 0 Å². The quantitative estimate of drug-likeness (QED) is 0.491. The standard InChI is InChI=1S/C7H6N2O2S/c1-12-6-4-2-3-5-7(6)8-11-9(5)10/h2-4H,1H3. The normalized spacial score (nSPS) is 10.8. The van der Waals surface area contributed by atoms with Crippen molar-refractivity contribution in [3.8, 4) is 0 Å². The molecule has 0 fully saturated rings. The van der Waals surface area contributed by atoms with Crippen LogP contribution in [0.25, 0.3) is 11.0 Å². The van der Waals surface area contributed by atoms with Gasteiger partial charge in [0, 0.05) is 5.16 Å². The molecule has 12 heavy (non-hydrogen) atoms. The monoisotopic (exact) mass is 182 g/mol. The molecule has 0 spiro atoms. The van der Waals surface area contributed by atoms with E-state index in [4.69, 9.17) is 0 Å². The fraction of sp³-hybridized carbons (Fsp3) is 0.143. The second-order valence-electron chi connectivity index (χ2n) is 2.26. The van der Waals surface area contributed by atoms with Gasteiger partial charge < -0.3 is 5.21 Å². The second-order valence-corrected chi connectivity index (χ2v) is 3.11. The summed E-state index contributed by atoms with van der Waals surface area (Å²) in [7, 11) is 0. The fourth-order valence-corrected chi connectivity index (χ4v) is 1.59. The summed E-state index contributed by atoms with van der Waals surface area (Å²) in [5.74, 6) is 0. The van der Waals surface area contributed by atoms with Crippen LogP contribution in [0.5, 0.6) is 0 Å². The van der Waals surface area contributed by atoms with Crippen molar-refractivity contribution in [1.82, 2.24) is 5.16 Å². The summed E-state index contributed by atoms with van der Waals surface area (Å²) in [5, 5.41) is 14.6. The molecular weight excluding hydrogens is 176 g/mol. The van der Waals surface area contributed by atoms with Gasteiger partial charge in [-0.05, 0) is 23.3 Å². The Balaban J connectivity index is 2.81. The number of nitrogens with zero attached hydrogens (tertiary/aromatic N) is 2. The van der Waals surface area contributed by atoms with Crippen molar-refractivity contribution in [2.75, 3.05) is 6.26 Å². The molecule has 0 aliphatic carbocycles. The summed E-state index contributed by atoms with van der Waals surface area (Å²) in [6.07, 6.45) is 1.93. The smallest absolute Gasteiger partial charge is 0.262 e. The lowest BCUT2D eigenvalue weighted by Crippen LogP contribution is -2.22. The lowest BCUT2D eigenvalue weighted by atomic mass is 10.3. The van der Waals surface area contributed by atoms with Gasteiger partial charge in [-0.3, -0.25) is 4.63 Å². The molecule has 0 bridgehead atoms. The molecule has 62 valence electrons. The zero-order chi connectivity index (χ0) is 8.55. The van der Waals surface area contributed by atoms with E-state index in [1.807, 2.05) is 12.3 Å². The molecule has 4 nitrogen and oxygen atoms in total. The first kappa shape index (κ1) is 7.42. The number of benzene rings is 1. The second kappa shape index (κ2) is 2.67. The van der Waals surface area contributed by atoms with E-state index in [0.717, 1.165) is 4.90 Å². The first-order valence-corrected chi connectivity index (χ1v) is 4.58. The number of hydrogen-bond acceptors (Lipinski definition) is 4. The van der Waals surface area contributed by atoms with E-state index in [1.54, 1.807) is 12.1 Å². The Kier molecular flexibility index (Phi) is 1.65. The highest BCUT2D eigenvalue weighted by atomic mass is 32.2. The molecule has 2 aromatic rings. The van der Waals surface area contributed by atoms with Gasteiger partial charge in [0.25, 0.3) is 5.52 Å². The van der Waals surface area contributed by atoms with E-state index in [2.05, 4.69) is 9.79 Å². The van der Waals surface area contributed by atoms with Crippen molar-refractivity contribution >= 4 is 22.8 Å². The lowest BCUT2D eigenvalue weighted by Gasteiger charge is -1.90. The van der Waals surface area contributed by atoms with Crippen molar-refractivity contribution in [3.05, 3.63) is 23.4 Å². The summed E-state index contributed by atoms with van der Waals surface area (Å²) in [6.45, 7) is 0. The molecule has 1 aromatic heterocycles. The van der Waals surface area contributed by atoms with E-state index < -0.39 is 0 Å². The summed E-state index contributed by atoms with van der Waals surface area (Å²) in [5.41, 5.74) is 1.10. The Morgan fingerprint density at radius 2 is 2.42 bits per heavy atom. The maximum atomic E-state index is 10.9. The molecule has 0 amide bonds. The zero-order valence-corrected chi connectivity index (χ0v) is 7.17. The van der Waals surface area contributed by atoms with Gasteiger partial charge in [0.05, 0.1) is 4.90 Å². The van der Waals surface area contributed by atoms with Gasteiger partial charge in [0.2, 0.25) is 5.52 Å². The predicted molar refractivity (Wildman–Crippen MR) is 44.8 cm³/mol. The molecular formula is C7H6N2O2S. The van der Waals surface area contributed by atoms with Crippen LogP contribution in [0.1, 0.15) is 0 Å². The van der Waals surface area contributed by atoms with Crippen LogP contribution in [0.2, 0.25) is 0 Å². The minimum Gasteiger partial charge on any atom is -0.359 e. The highest BCUT2D eigenvalue weighted by Crippen LogP contribution is 2.21. The summed E-state index contributed by atoms with van der Waals surface area (Å²) < 4.78 is 4.46. The van der Waals surface area contributed by atoms with Gasteiger partial charge >= 0.3 is 0 Å². The third kappa shape index (κ3) is 0.937. The summed E-state index contributed by atoms with van der Waals surface area (Å²) >= 11 is 1.54. The van der Waals surface area contributed by atoms with Crippen LogP contribution in [-0.4, -0.2) is 11.4 Å². The summed E-state index contributed by atoms with van der Waals surface area (Å²) in [4.78, 5) is 1.36. The third-order valence-corrected chi connectivity index (χ3v) is 2.37. The largest absolute Gasteiger partial charge is 0.359 e. The summed E-state index contributed by atoms with van der Waals surface area (Å²) in [6, 6.07) is 5.38. The van der Waals surface area contributed by atoms with Crippen molar-refractivity contribution in [2.24, 2.45) is 0 Å². The highest BCUT2D eigenvalue weighted by molar-refractivity contribution is 7.98. The molecule has 1 heterocycles. The molecule has 5 heteroatoms. The maximum absolute atomic E-state index is 10.9. The molecule has 0 atom stereocenters. The van der Waals surface area contributed by atoms with Gasteiger partial charge in [-0.1, -0.05) is 6.07 Å². The molecule has 2 rings (SSSR count). The third-order valence-electron chi connectivity index (χ3n) is 1.60. The Morgan fingerprint density at radius 1 is 1.58 bits per heavy atom. The minimum atomic E-state index is 0.412. The maximum Gasteiger partial charge on any atom is 0.262 e. The van der Waals surface area contributed by atoms with Gasteiger partial charge in [0.1, 0.15) is 0 Å². The van der Waals surface area contributed by atoms with Crippen molar-refractivity contribution in [3.63, 3.8) is 0 Å². The van der Waals surface area contributed by atoms with Crippen LogP contribution < -0.4 is 4.90 Å². The number of fused-ring (bicyclic) bond motifs is 1. The molecule has 0 aliphatic rings. The lowest BCUT2D eigenvalue weighted by molar-refractivity contribution is -0.782. The number of thioether (sulfide) groups is 1. The molecule has 0 unspecified atom stereocenters. The molecule has 1 aromatic carbocycles. The predicted octanol–water partition coefficient (Wildman–Crippen LogP) is 1.18. The van der Waals surface area contributed by atoms with E-state index in [-0.39, 0.29) is 0 Å². The SMILES string of the molecule is CSc1cccc2c1no[n+]2[O-]. The first-order chi connectivity index (χ1) is 5.83.